The number of aryl methyl sites for hydroxylation is 1. The number of non-ortho nitro benzene ring substituents is 1. The fraction of sp³-hybridized carbons (Fsp3) is 0.571. The normalized spacial score (nSPS) is 19.8. The van der Waals surface area contributed by atoms with Gasteiger partial charge in [0, 0.05) is 25.2 Å². The molecule has 6 nitrogen and oxygen atoms in total. The lowest BCUT2D eigenvalue weighted by atomic mass is 10.1. The molecule has 21 heavy (non-hydrogen) atoms. The fourth-order valence-electron chi connectivity index (χ4n) is 2.54. The van der Waals surface area contributed by atoms with E-state index in [2.05, 4.69) is 6.92 Å². The number of sulfonamides is 1. The summed E-state index contributed by atoms with van der Waals surface area (Å²) in [7, 11) is -3.23. The van der Waals surface area contributed by atoms with Crippen LogP contribution in [0.15, 0.2) is 24.3 Å². The van der Waals surface area contributed by atoms with Gasteiger partial charge in [0.1, 0.15) is 0 Å². The maximum Gasteiger partial charge on any atom is 0.269 e. The van der Waals surface area contributed by atoms with Gasteiger partial charge in [0.05, 0.1) is 10.7 Å². The van der Waals surface area contributed by atoms with Crippen LogP contribution in [0, 0.1) is 16.0 Å². The Kier molecular flexibility index (Phi) is 4.95. The highest BCUT2D eigenvalue weighted by atomic mass is 32.2. The van der Waals surface area contributed by atoms with Crippen LogP contribution in [-0.2, 0) is 16.4 Å². The molecule has 7 heteroatoms. The van der Waals surface area contributed by atoms with Crippen LogP contribution in [0.25, 0.3) is 0 Å². The molecule has 1 aromatic rings. The van der Waals surface area contributed by atoms with E-state index in [4.69, 9.17) is 0 Å². The zero-order valence-electron chi connectivity index (χ0n) is 12.1. The summed E-state index contributed by atoms with van der Waals surface area (Å²) < 4.78 is 26.1. The standard InChI is InChI=1S/C14H20N2O4S/c1-2-12-7-9-15(11-12)21(19,20)10-8-13-3-5-14(6-4-13)16(17)18/h3-6,12H,2,7-11H2,1H3/t12-/m0/s1. The molecule has 0 aliphatic carbocycles. The molecular weight excluding hydrogens is 292 g/mol. The molecule has 2 rings (SSSR count). The van der Waals surface area contributed by atoms with Gasteiger partial charge in [0.2, 0.25) is 10.0 Å². The Morgan fingerprint density at radius 2 is 2.00 bits per heavy atom. The van der Waals surface area contributed by atoms with Crippen LogP contribution in [0.3, 0.4) is 0 Å². The Balaban J connectivity index is 1.94. The number of nitro benzene ring substituents is 1. The summed E-state index contributed by atoms with van der Waals surface area (Å²) in [5, 5.41) is 10.6. The van der Waals surface area contributed by atoms with Crippen LogP contribution in [-0.4, -0.2) is 36.5 Å². The minimum atomic E-state index is -3.23. The van der Waals surface area contributed by atoms with Crippen molar-refractivity contribution in [2.24, 2.45) is 5.92 Å². The number of nitro groups is 1. The summed E-state index contributed by atoms with van der Waals surface area (Å²) in [5.41, 5.74) is 0.822. The number of benzene rings is 1. The molecule has 0 saturated carbocycles. The third-order valence-corrected chi connectivity index (χ3v) is 5.85. The summed E-state index contributed by atoms with van der Waals surface area (Å²) in [6.07, 6.45) is 2.33. The van der Waals surface area contributed by atoms with E-state index in [1.54, 1.807) is 16.4 Å². The molecule has 1 saturated heterocycles. The Morgan fingerprint density at radius 1 is 1.33 bits per heavy atom. The summed E-state index contributed by atoms with van der Waals surface area (Å²) in [4.78, 5) is 10.1. The molecule has 1 aliphatic rings. The molecule has 1 fully saturated rings. The second-order valence-electron chi connectivity index (χ2n) is 5.41. The summed E-state index contributed by atoms with van der Waals surface area (Å²) in [6.45, 7) is 3.32. The van der Waals surface area contributed by atoms with Crippen LogP contribution in [0.1, 0.15) is 25.3 Å². The van der Waals surface area contributed by atoms with Gasteiger partial charge in [0.15, 0.2) is 0 Å². The maximum atomic E-state index is 12.3. The Morgan fingerprint density at radius 3 is 2.52 bits per heavy atom. The van der Waals surface area contributed by atoms with E-state index in [9.17, 15) is 18.5 Å². The quantitative estimate of drug-likeness (QED) is 0.595. The topological polar surface area (TPSA) is 80.5 Å². The first-order chi connectivity index (χ1) is 9.92. The molecule has 1 aromatic carbocycles. The lowest BCUT2D eigenvalue weighted by Gasteiger charge is -2.16. The van der Waals surface area contributed by atoms with Crippen molar-refractivity contribution >= 4 is 15.7 Å². The number of nitrogens with zero attached hydrogens (tertiary/aromatic N) is 2. The SMILES string of the molecule is CC[C@H]1CCN(S(=O)(=O)CCc2ccc([N+](=O)[O-])cc2)C1. The second-order valence-corrected chi connectivity index (χ2v) is 7.50. The number of rotatable bonds is 6. The van der Waals surface area contributed by atoms with Gasteiger partial charge in [-0.2, -0.15) is 0 Å². The fourth-order valence-corrected chi connectivity index (χ4v) is 4.12. The van der Waals surface area contributed by atoms with Gasteiger partial charge in [0.25, 0.3) is 5.69 Å². The minimum absolute atomic E-state index is 0.0203. The first-order valence-corrected chi connectivity index (χ1v) is 8.74. The van der Waals surface area contributed by atoms with E-state index >= 15 is 0 Å². The second kappa shape index (κ2) is 6.53. The van der Waals surface area contributed by atoms with Crippen LogP contribution in [0.2, 0.25) is 0 Å². The molecule has 0 unspecified atom stereocenters. The third kappa shape index (κ3) is 4.01. The molecular formula is C14H20N2O4S. The molecule has 1 aliphatic heterocycles. The molecule has 0 bridgehead atoms. The van der Waals surface area contributed by atoms with Gasteiger partial charge >= 0.3 is 0 Å². The van der Waals surface area contributed by atoms with Gasteiger partial charge in [-0.25, -0.2) is 12.7 Å². The minimum Gasteiger partial charge on any atom is -0.258 e. The Hall–Kier alpha value is -1.47. The number of hydrogen-bond acceptors (Lipinski definition) is 4. The van der Waals surface area contributed by atoms with Crippen molar-refractivity contribution in [3.8, 4) is 0 Å². The summed E-state index contributed by atoms with van der Waals surface area (Å²) in [5.74, 6) is 0.528. The highest BCUT2D eigenvalue weighted by molar-refractivity contribution is 7.89. The maximum absolute atomic E-state index is 12.3. The van der Waals surface area contributed by atoms with Gasteiger partial charge in [-0.05, 0) is 24.3 Å². The van der Waals surface area contributed by atoms with Crippen LogP contribution in [0.5, 0.6) is 0 Å². The van der Waals surface area contributed by atoms with Gasteiger partial charge in [-0.3, -0.25) is 10.1 Å². The van der Waals surface area contributed by atoms with Crippen LogP contribution < -0.4 is 0 Å². The van der Waals surface area contributed by atoms with Crippen molar-refractivity contribution < 1.29 is 13.3 Å². The molecule has 0 radical (unpaired) electrons. The van der Waals surface area contributed by atoms with Crippen molar-refractivity contribution in [1.29, 1.82) is 0 Å². The van der Waals surface area contributed by atoms with Crippen molar-refractivity contribution in [2.45, 2.75) is 26.2 Å². The Labute approximate surface area is 125 Å². The average Bonchev–Trinajstić information content (AvgIpc) is 2.95. The smallest absolute Gasteiger partial charge is 0.258 e. The molecule has 0 amide bonds. The van der Waals surface area contributed by atoms with E-state index in [1.165, 1.54) is 12.1 Å². The van der Waals surface area contributed by atoms with Gasteiger partial charge < -0.3 is 0 Å². The molecule has 116 valence electrons. The largest absolute Gasteiger partial charge is 0.269 e. The first kappa shape index (κ1) is 15.9. The van der Waals surface area contributed by atoms with Crippen molar-refractivity contribution in [1.82, 2.24) is 4.31 Å². The lowest BCUT2D eigenvalue weighted by molar-refractivity contribution is -0.384. The number of hydrogen-bond donors (Lipinski definition) is 0. The molecule has 1 atom stereocenters. The van der Waals surface area contributed by atoms with E-state index < -0.39 is 14.9 Å². The average molecular weight is 312 g/mol. The van der Waals surface area contributed by atoms with Gasteiger partial charge in [-0.15, -0.1) is 0 Å². The first-order valence-electron chi connectivity index (χ1n) is 7.13. The van der Waals surface area contributed by atoms with Crippen molar-refractivity contribution in [3.63, 3.8) is 0 Å². The summed E-state index contributed by atoms with van der Waals surface area (Å²) in [6, 6.07) is 6.05. The molecule has 0 N–H and O–H groups in total. The Bertz CT molecular complexity index is 598. The summed E-state index contributed by atoms with van der Waals surface area (Å²) >= 11 is 0. The third-order valence-electron chi connectivity index (χ3n) is 4.02. The monoisotopic (exact) mass is 312 g/mol. The van der Waals surface area contributed by atoms with E-state index in [1.807, 2.05) is 0 Å². The highest BCUT2D eigenvalue weighted by Gasteiger charge is 2.29. The highest BCUT2D eigenvalue weighted by Crippen LogP contribution is 2.22. The predicted molar refractivity (Wildman–Crippen MR) is 80.6 cm³/mol. The van der Waals surface area contributed by atoms with Gasteiger partial charge in [-0.1, -0.05) is 25.5 Å². The molecule has 1 heterocycles. The molecule has 0 aromatic heterocycles. The zero-order valence-corrected chi connectivity index (χ0v) is 12.9. The van der Waals surface area contributed by atoms with Crippen LogP contribution >= 0.6 is 0 Å². The molecule has 0 spiro atoms. The lowest BCUT2D eigenvalue weighted by Crippen LogP contribution is -2.31. The van der Waals surface area contributed by atoms with Crippen molar-refractivity contribution in [2.75, 3.05) is 18.8 Å². The van der Waals surface area contributed by atoms with E-state index in [-0.39, 0.29) is 11.4 Å². The van der Waals surface area contributed by atoms with Crippen molar-refractivity contribution in [3.05, 3.63) is 39.9 Å². The predicted octanol–water partition coefficient (Wildman–Crippen LogP) is 2.20. The van der Waals surface area contributed by atoms with E-state index in [0.29, 0.717) is 25.4 Å². The zero-order chi connectivity index (χ0) is 15.5. The van der Waals surface area contributed by atoms with E-state index in [0.717, 1.165) is 18.4 Å². The van der Waals surface area contributed by atoms with Crippen LogP contribution in [0.4, 0.5) is 5.69 Å².